The van der Waals surface area contributed by atoms with Gasteiger partial charge in [-0.15, -0.1) is 0 Å². The topological polar surface area (TPSA) is 49.4 Å². The van der Waals surface area contributed by atoms with E-state index in [1.807, 2.05) is 39.8 Å². The maximum atomic E-state index is 12.9. The molecule has 1 aliphatic heterocycles. The standard InChI is InChI=1S/C16H21ClN2O2/c1-10-6-5-7-11(17)13(10)19-9-8-12(20)18-14(15(19)21)16(2,3)4/h5-7,14H,8-9H2,1-4H3,(H,18,20). The van der Waals surface area contributed by atoms with E-state index in [4.69, 9.17) is 11.6 Å². The van der Waals surface area contributed by atoms with Gasteiger partial charge in [0.15, 0.2) is 0 Å². The lowest BCUT2D eigenvalue weighted by molar-refractivity contribution is -0.127. The number of benzene rings is 1. The number of hydrogen-bond acceptors (Lipinski definition) is 2. The molecule has 0 aromatic heterocycles. The van der Waals surface area contributed by atoms with Gasteiger partial charge in [0, 0.05) is 13.0 Å². The van der Waals surface area contributed by atoms with Crippen molar-refractivity contribution in [3.05, 3.63) is 28.8 Å². The SMILES string of the molecule is Cc1cccc(Cl)c1N1CCC(=O)NC(C(C)(C)C)C1=O. The number of hydrogen-bond donors (Lipinski definition) is 1. The Balaban J connectivity index is 2.48. The van der Waals surface area contributed by atoms with Crippen molar-refractivity contribution in [1.29, 1.82) is 0 Å². The van der Waals surface area contributed by atoms with Gasteiger partial charge >= 0.3 is 0 Å². The Morgan fingerprint density at radius 2 is 1.95 bits per heavy atom. The summed E-state index contributed by atoms with van der Waals surface area (Å²) in [4.78, 5) is 26.4. The van der Waals surface area contributed by atoms with Gasteiger partial charge in [-0.25, -0.2) is 0 Å². The molecular formula is C16H21ClN2O2. The zero-order chi connectivity index (χ0) is 15.8. The van der Waals surface area contributed by atoms with Gasteiger partial charge in [0.25, 0.3) is 0 Å². The van der Waals surface area contributed by atoms with Crippen LogP contribution in [0.5, 0.6) is 0 Å². The number of nitrogens with zero attached hydrogens (tertiary/aromatic N) is 1. The summed E-state index contributed by atoms with van der Waals surface area (Å²) in [6, 6.07) is 4.99. The van der Waals surface area contributed by atoms with Crippen molar-refractivity contribution in [2.24, 2.45) is 5.41 Å². The molecule has 2 amide bonds. The number of anilines is 1. The van der Waals surface area contributed by atoms with Crippen LogP contribution in [0.3, 0.4) is 0 Å². The lowest BCUT2D eigenvalue weighted by atomic mass is 9.86. The Morgan fingerprint density at radius 3 is 2.52 bits per heavy atom. The molecule has 0 radical (unpaired) electrons. The van der Waals surface area contributed by atoms with E-state index < -0.39 is 6.04 Å². The molecule has 114 valence electrons. The van der Waals surface area contributed by atoms with Gasteiger partial charge in [0.2, 0.25) is 11.8 Å². The molecule has 1 heterocycles. The summed E-state index contributed by atoms with van der Waals surface area (Å²) in [5, 5.41) is 3.37. The zero-order valence-electron chi connectivity index (χ0n) is 12.9. The van der Waals surface area contributed by atoms with E-state index in [-0.39, 0.29) is 23.7 Å². The molecule has 1 aliphatic rings. The minimum atomic E-state index is -0.553. The quantitative estimate of drug-likeness (QED) is 0.867. The summed E-state index contributed by atoms with van der Waals surface area (Å²) in [5.74, 6) is -0.208. The first-order valence-electron chi connectivity index (χ1n) is 7.07. The van der Waals surface area contributed by atoms with Crippen LogP contribution in [-0.4, -0.2) is 24.4 Å². The van der Waals surface area contributed by atoms with E-state index in [1.165, 1.54) is 0 Å². The smallest absolute Gasteiger partial charge is 0.250 e. The minimum absolute atomic E-state index is 0.101. The largest absolute Gasteiger partial charge is 0.344 e. The molecule has 5 heteroatoms. The van der Waals surface area contributed by atoms with Gasteiger partial charge in [-0.3, -0.25) is 9.59 Å². The normalized spacial score (nSPS) is 20.2. The van der Waals surface area contributed by atoms with Gasteiger partial charge in [0.1, 0.15) is 6.04 Å². The van der Waals surface area contributed by atoms with Crippen LogP contribution in [0.2, 0.25) is 5.02 Å². The molecule has 1 unspecified atom stereocenters. The van der Waals surface area contributed by atoms with Gasteiger partial charge in [-0.05, 0) is 24.0 Å². The average molecular weight is 309 g/mol. The van der Waals surface area contributed by atoms with Crippen molar-refractivity contribution in [2.45, 2.75) is 40.2 Å². The molecule has 1 saturated heterocycles. The number of halogens is 1. The summed E-state index contributed by atoms with van der Waals surface area (Å²) in [6.07, 6.45) is 0.281. The molecule has 1 atom stereocenters. The first-order chi connectivity index (χ1) is 9.71. The Hall–Kier alpha value is -1.55. The highest BCUT2D eigenvalue weighted by Gasteiger charge is 2.39. The van der Waals surface area contributed by atoms with Crippen LogP contribution in [0.4, 0.5) is 5.69 Å². The van der Waals surface area contributed by atoms with Crippen molar-refractivity contribution < 1.29 is 9.59 Å². The van der Waals surface area contributed by atoms with Gasteiger partial charge in [-0.1, -0.05) is 44.5 Å². The van der Waals surface area contributed by atoms with Crippen LogP contribution in [-0.2, 0) is 9.59 Å². The number of aryl methyl sites for hydroxylation is 1. The first-order valence-corrected chi connectivity index (χ1v) is 7.45. The minimum Gasteiger partial charge on any atom is -0.344 e. The highest BCUT2D eigenvalue weighted by Crippen LogP contribution is 2.33. The number of amides is 2. The molecular weight excluding hydrogens is 288 g/mol. The fourth-order valence-electron chi connectivity index (χ4n) is 2.55. The third-order valence-corrected chi connectivity index (χ3v) is 4.01. The van der Waals surface area contributed by atoms with Gasteiger partial charge in [0.05, 0.1) is 10.7 Å². The van der Waals surface area contributed by atoms with Crippen molar-refractivity contribution in [2.75, 3.05) is 11.4 Å². The fraction of sp³-hybridized carbons (Fsp3) is 0.500. The van der Waals surface area contributed by atoms with E-state index in [0.717, 1.165) is 5.56 Å². The molecule has 0 aliphatic carbocycles. The van der Waals surface area contributed by atoms with E-state index in [9.17, 15) is 9.59 Å². The van der Waals surface area contributed by atoms with Crippen LogP contribution in [0.25, 0.3) is 0 Å². The number of para-hydroxylation sites is 1. The highest BCUT2D eigenvalue weighted by molar-refractivity contribution is 6.34. The van der Waals surface area contributed by atoms with Crippen molar-refractivity contribution >= 4 is 29.1 Å². The molecule has 1 aromatic rings. The highest BCUT2D eigenvalue weighted by atomic mass is 35.5. The molecule has 0 bridgehead atoms. The summed E-state index contributed by atoms with van der Waals surface area (Å²) in [7, 11) is 0. The van der Waals surface area contributed by atoms with Crippen molar-refractivity contribution in [1.82, 2.24) is 5.32 Å². The maximum absolute atomic E-state index is 12.9. The molecule has 21 heavy (non-hydrogen) atoms. The third kappa shape index (κ3) is 3.21. The number of rotatable bonds is 1. The molecule has 2 rings (SSSR count). The van der Waals surface area contributed by atoms with E-state index in [2.05, 4.69) is 5.32 Å². The van der Waals surface area contributed by atoms with Crippen molar-refractivity contribution in [3.8, 4) is 0 Å². The maximum Gasteiger partial charge on any atom is 0.250 e. The molecule has 1 aromatic carbocycles. The molecule has 1 N–H and O–H groups in total. The van der Waals surface area contributed by atoms with Crippen LogP contribution < -0.4 is 10.2 Å². The lowest BCUT2D eigenvalue weighted by Gasteiger charge is -2.33. The first kappa shape index (κ1) is 15.8. The van der Waals surface area contributed by atoms with E-state index in [0.29, 0.717) is 17.3 Å². The average Bonchev–Trinajstić information content (AvgIpc) is 2.50. The summed E-state index contributed by atoms with van der Waals surface area (Å²) in [5.41, 5.74) is 1.28. The second-order valence-corrected chi connectivity index (χ2v) is 6.92. The van der Waals surface area contributed by atoms with Crippen LogP contribution in [0.1, 0.15) is 32.8 Å². The monoisotopic (exact) mass is 308 g/mol. The summed E-state index contributed by atoms with van der Waals surface area (Å²) in [6.45, 7) is 8.10. The van der Waals surface area contributed by atoms with Gasteiger partial charge in [-0.2, -0.15) is 0 Å². The number of carbonyl (C=O) groups is 2. The molecule has 0 spiro atoms. The Morgan fingerprint density at radius 1 is 1.29 bits per heavy atom. The van der Waals surface area contributed by atoms with Crippen molar-refractivity contribution in [3.63, 3.8) is 0 Å². The van der Waals surface area contributed by atoms with Crippen LogP contribution >= 0.6 is 11.6 Å². The second-order valence-electron chi connectivity index (χ2n) is 6.51. The predicted octanol–water partition coefficient (Wildman–Crippen LogP) is 2.92. The van der Waals surface area contributed by atoms with Crippen LogP contribution in [0.15, 0.2) is 18.2 Å². The summed E-state index contributed by atoms with van der Waals surface area (Å²) >= 11 is 6.28. The Kier molecular flexibility index (Phi) is 4.28. The number of carbonyl (C=O) groups excluding carboxylic acids is 2. The zero-order valence-corrected chi connectivity index (χ0v) is 13.6. The third-order valence-electron chi connectivity index (χ3n) is 3.71. The van der Waals surface area contributed by atoms with Gasteiger partial charge < -0.3 is 10.2 Å². The van der Waals surface area contributed by atoms with E-state index >= 15 is 0 Å². The molecule has 1 fully saturated rings. The molecule has 4 nitrogen and oxygen atoms in total. The summed E-state index contributed by atoms with van der Waals surface area (Å²) < 4.78 is 0. The number of nitrogens with one attached hydrogen (secondary N) is 1. The Labute approximate surface area is 130 Å². The fourth-order valence-corrected chi connectivity index (χ4v) is 2.87. The molecule has 0 saturated carbocycles. The van der Waals surface area contributed by atoms with Crippen LogP contribution in [0, 0.1) is 12.3 Å². The second kappa shape index (κ2) is 5.68. The Bertz CT molecular complexity index is 558. The van der Waals surface area contributed by atoms with E-state index in [1.54, 1.807) is 11.0 Å². The lowest BCUT2D eigenvalue weighted by Crippen LogP contribution is -2.52. The predicted molar refractivity (Wildman–Crippen MR) is 84.5 cm³/mol.